The summed E-state index contributed by atoms with van der Waals surface area (Å²) in [6, 6.07) is 12.3. The van der Waals surface area contributed by atoms with Gasteiger partial charge in [0.25, 0.3) is 5.91 Å². The maximum atomic E-state index is 12.3. The lowest BCUT2D eigenvalue weighted by Crippen LogP contribution is -2.50. The van der Waals surface area contributed by atoms with Crippen LogP contribution in [0, 0.1) is 0 Å². The molecule has 0 aromatic heterocycles. The molecule has 8 nitrogen and oxygen atoms in total. The van der Waals surface area contributed by atoms with Crippen LogP contribution >= 0.6 is 11.6 Å². The van der Waals surface area contributed by atoms with Gasteiger partial charge in [0.05, 0.1) is 0 Å². The maximum Gasteiger partial charge on any atom is 0.322 e. The smallest absolute Gasteiger partial charge is 0.322 e. The van der Waals surface area contributed by atoms with E-state index < -0.39 is 33.3 Å². The Morgan fingerprint density at radius 2 is 1.59 bits per heavy atom. The highest BCUT2D eigenvalue weighted by Crippen LogP contribution is 2.25. The summed E-state index contributed by atoms with van der Waals surface area (Å²) in [5.74, 6) is -0.191. The van der Waals surface area contributed by atoms with Crippen molar-refractivity contribution in [3.05, 3.63) is 53.6 Å². The predicted octanol–water partition coefficient (Wildman–Crippen LogP) is 2.47. The van der Waals surface area contributed by atoms with Crippen LogP contribution in [-0.4, -0.2) is 31.6 Å². The van der Waals surface area contributed by atoms with Gasteiger partial charge in [0, 0.05) is 10.7 Å². The van der Waals surface area contributed by atoms with Gasteiger partial charge >= 0.3 is 6.03 Å². The van der Waals surface area contributed by atoms with Crippen LogP contribution in [0.15, 0.2) is 48.5 Å². The molecule has 0 saturated carbocycles. The first-order chi connectivity index (χ1) is 12.7. The van der Waals surface area contributed by atoms with E-state index in [1.54, 1.807) is 36.4 Å². The molecule has 3 amide bonds. The van der Waals surface area contributed by atoms with Crippen molar-refractivity contribution in [3.8, 4) is 11.5 Å². The van der Waals surface area contributed by atoms with Crippen molar-refractivity contribution in [1.29, 1.82) is 0 Å². The number of amides is 3. The highest BCUT2D eigenvalue weighted by atomic mass is 35.5. The first-order valence-electron chi connectivity index (χ1n) is 7.83. The number of nitrogens with one attached hydrogen (secondary N) is 3. The number of sulfonamides is 1. The van der Waals surface area contributed by atoms with E-state index in [1.807, 2.05) is 5.32 Å². The second-order valence-electron chi connectivity index (χ2n) is 6.18. The zero-order chi connectivity index (χ0) is 19.7. The van der Waals surface area contributed by atoms with Crippen LogP contribution in [0.2, 0.25) is 5.02 Å². The van der Waals surface area contributed by atoms with E-state index in [4.69, 9.17) is 16.3 Å². The highest BCUT2D eigenvalue weighted by molar-refractivity contribution is 7.92. The van der Waals surface area contributed by atoms with E-state index >= 15 is 0 Å². The summed E-state index contributed by atoms with van der Waals surface area (Å²) in [5.41, 5.74) is -1.23. The van der Waals surface area contributed by atoms with Gasteiger partial charge in [-0.2, -0.15) is 0 Å². The number of carbonyl (C=O) groups excluding carboxylic acids is 2. The summed E-state index contributed by atoms with van der Waals surface area (Å²) in [6.45, 7) is 1.34. The summed E-state index contributed by atoms with van der Waals surface area (Å²) in [6.07, 6.45) is 0. The average molecular weight is 410 g/mol. The minimum Gasteiger partial charge on any atom is -0.457 e. The Hall–Kier alpha value is -2.78. The Morgan fingerprint density at radius 3 is 2.11 bits per heavy atom. The number of hydrogen-bond acceptors (Lipinski definition) is 5. The van der Waals surface area contributed by atoms with Crippen LogP contribution in [0.4, 0.5) is 10.5 Å². The third kappa shape index (κ3) is 4.69. The standard InChI is InChI=1S/C17H16ClN3O5S/c1-17(15(22)19-16(23)20-17)10-27(24,25)21-12-4-8-14(9-5-12)26-13-6-2-11(18)3-7-13/h2-9,21H,10H2,1H3,(H2,19,20,22,23)/t17-/m1/s1. The van der Waals surface area contributed by atoms with Crippen LogP contribution in [-0.2, 0) is 14.8 Å². The van der Waals surface area contributed by atoms with E-state index in [-0.39, 0.29) is 0 Å². The minimum absolute atomic E-state index is 0.298. The second kappa shape index (κ2) is 7.09. The van der Waals surface area contributed by atoms with Gasteiger partial charge in [0.15, 0.2) is 0 Å². The van der Waals surface area contributed by atoms with Gasteiger partial charge in [0.2, 0.25) is 10.0 Å². The van der Waals surface area contributed by atoms with E-state index in [9.17, 15) is 18.0 Å². The molecule has 0 bridgehead atoms. The Kier molecular flexibility index (Phi) is 4.99. The van der Waals surface area contributed by atoms with Gasteiger partial charge < -0.3 is 10.1 Å². The maximum absolute atomic E-state index is 12.3. The van der Waals surface area contributed by atoms with Crippen molar-refractivity contribution >= 4 is 39.2 Å². The highest BCUT2D eigenvalue weighted by Gasteiger charge is 2.45. The molecule has 1 aliphatic heterocycles. The molecule has 2 aromatic rings. The summed E-state index contributed by atoms with van der Waals surface area (Å²) in [5, 5.41) is 4.93. The number of rotatable bonds is 6. The number of carbonyl (C=O) groups is 2. The molecule has 3 N–H and O–H groups in total. The first kappa shape index (κ1) is 19.0. The number of urea groups is 1. The average Bonchev–Trinajstić information content (AvgIpc) is 2.82. The fraction of sp³-hybridized carbons (Fsp3) is 0.176. The summed E-state index contributed by atoms with van der Waals surface area (Å²) >= 11 is 5.82. The Labute approximate surface area is 160 Å². The number of halogens is 1. The van der Waals surface area contributed by atoms with Crippen LogP contribution in [0.25, 0.3) is 0 Å². The fourth-order valence-corrected chi connectivity index (χ4v) is 4.16. The molecule has 1 heterocycles. The van der Waals surface area contributed by atoms with Crippen LogP contribution in [0.3, 0.4) is 0 Å². The Balaban J connectivity index is 1.66. The molecule has 10 heteroatoms. The van der Waals surface area contributed by atoms with Gasteiger partial charge in [-0.05, 0) is 55.5 Å². The zero-order valence-corrected chi connectivity index (χ0v) is 15.7. The van der Waals surface area contributed by atoms with E-state index in [0.717, 1.165) is 0 Å². The van der Waals surface area contributed by atoms with E-state index in [2.05, 4.69) is 10.0 Å². The number of imide groups is 1. The van der Waals surface area contributed by atoms with Gasteiger partial charge in [-0.25, -0.2) is 13.2 Å². The van der Waals surface area contributed by atoms with Crippen molar-refractivity contribution < 1.29 is 22.7 Å². The molecule has 3 rings (SSSR count). The summed E-state index contributed by atoms with van der Waals surface area (Å²) in [4.78, 5) is 23.0. The number of benzene rings is 2. The third-order valence-electron chi connectivity index (χ3n) is 3.77. The molecule has 142 valence electrons. The number of hydrogen-bond donors (Lipinski definition) is 3. The van der Waals surface area contributed by atoms with Crippen molar-refractivity contribution in [2.75, 3.05) is 10.5 Å². The number of ether oxygens (including phenoxy) is 1. The lowest BCUT2D eigenvalue weighted by Gasteiger charge is -2.20. The van der Waals surface area contributed by atoms with Crippen molar-refractivity contribution in [3.63, 3.8) is 0 Å². The Bertz CT molecular complexity index is 977. The zero-order valence-electron chi connectivity index (χ0n) is 14.2. The van der Waals surface area contributed by atoms with E-state index in [0.29, 0.717) is 22.2 Å². The van der Waals surface area contributed by atoms with Gasteiger partial charge in [-0.3, -0.25) is 14.8 Å². The summed E-state index contributed by atoms with van der Waals surface area (Å²) < 4.78 is 32.7. The van der Waals surface area contributed by atoms with Gasteiger partial charge in [-0.15, -0.1) is 0 Å². The SMILES string of the molecule is C[C@]1(CS(=O)(=O)Nc2ccc(Oc3ccc(Cl)cc3)cc2)NC(=O)NC1=O. The minimum atomic E-state index is -3.89. The molecule has 1 fully saturated rings. The Morgan fingerprint density at radius 1 is 1.04 bits per heavy atom. The monoisotopic (exact) mass is 409 g/mol. The van der Waals surface area contributed by atoms with Crippen LogP contribution in [0.5, 0.6) is 11.5 Å². The lowest BCUT2D eigenvalue weighted by atomic mass is 10.1. The topological polar surface area (TPSA) is 114 Å². The van der Waals surface area contributed by atoms with Crippen molar-refractivity contribution in [1.82, 2.24) is 10.6 Å². The second-order valence-corrected chi connectivity index (χ2v) is 8.34. The van der Waals surface area contributed by atoms with E-state index in [1.165, 1.54) is 19.1 Å². The van der Waals surface area contributed by atoms with Crippen LogP contribution in [0.1, 0.15) is 6.92 Å². The molecule has 1 atom stereocenters. The largest absolute Gasteiger partial charge is 0.457 e. The quantitative estimate of drug-likeness (QED) is 0.634. The normalized spacial score (nSPS) is 19.3. The molecular formula is C17H16ClN3O5S. The van der Waals surface area contributed by atoms with Crippen LogP contribution < -0.4 is 20.1 Å². The molecule has 0 aliphatic carbocycles. The van der Waals surface area contributed by atoms with Gasteiger partial charge in [-0.1, -0.05) is 11.6 Å². The lowest BCUT2D eigenvalue weighted by molar-refractivity contribution is -0.122. The molecular weight excluding hydrogens is 394 g/mol. The molecule has 0 spiro atoms. The predicted molar refractivity (Wildman–Crippen MR) is 100 cm³/mol. The van der Waals surface area contributed by atoms with Crippen molar-refractivity contribution in [2.45, 2.75) is 12.5 Å². The molecule has 1 saturated heterocycles. The number of anilines is 1. The summed E-state index contributed by atoms with van der Waals surface area (Å²) in [7, 11) is -3.89. The molecule has 2 aromatic carbocycles. The third-order valence-corrected chi connectivity index (χ3v) is 5.53. The molecule has 0 unspecified atom stereocenters. The molecule has 0 radical (unpaired) electrons. The van der Waals surface area contributed by atoms with Crippen molar-refractivity contribution in [2.24, 2.45) is 0 Å². The molecule has 1 aliphatic rings. The first-order valence-corrected chi connectivity index (χ1v) is 9.86. The molecule has 27 heavy (non-hydrogen) atoms. The fourth-order valence-electron chi connectivity index (χ4n) is 2.51. The van der Waals surface area contributed by atoms with Gasteiger partial charge in [0.1, 0.15) is 22.8 Å².